The molecule has 1 aliphatic rings. The van der Waals surface area contributed by atoms with Gasteiger partial charge in [-0.1, -0.05) is 63.5 Å². The zero-order valence-corrected chi connectivity index (χ0v) is 25.8. The number of primary amides is 2. The second-order valence-electron chi connectivity index (χ2n) is 11.6. The summed E-state index contributed by atoms with van der Waals surface area (Å²) >= 11 is 0. The Morgan fingerprint density at radius 3 is 2.34 bits per heavy atom. The van der Waals surface area contributed by atoms with Crippen molar-refractivity contribution in [2.24, 2.45) is 29.2 Å². The molecule has 9 nitrogen and oxygen atoms in total. The van der Waals surface area contributed by atoms with Crippen molar-refractivity contribution in [1.29, 1.82) is 0 Å². The molecule has 234 valence electrons. The van der Waals surface area contributed by atoms with Crippen LogP contribution in [0.3, 0.4) is 0 Å². The van der Waals surface area contributed by atoms with Gasteiger partial charge < -0.3 is 30.8 Å². The maximum atomic E-state index is 13.3. The van der Waals surface area contributed by atoms with E-state index in [2.05, 4.69) is 32.1 Å². The van der Waals surface area contributed by atoms with E-state index in [1.54, 1.807) is 6.92 Å². The zero-order chi connectivity index (χ0) is 30.8. The molecule has 0 saturated heterocycles. The first-order valence-corrected chi connectivity index (χ1v) is 15.2. The van der Waals surface area contributed by atoms with Crippen LogP contribution >= 0.6 is 0 Å². The number of aliphatic hydroxyl groups is 1. The normalized spacial score (nSPS) is 30.5. The average Bonchev–Trinajstić information content (AvgIpc) is 2.88. The van der Waals surface area contributed by atoms with Crippen LogP contribution in [0.5, 0.6) is 0 Å². The van der Waals surface area contributed by atoms with Crippen molar-refractivity contribution >= 4 is 18.2 Å². The standard InChI is InChI=1S/C32H54N2O7/c1-6-7-8-9-11-14-22(2)19-26-20-23(3)15-12-10-13-16-27(35)28(40-31(33)37)18-17-24(4)21-29(41-32(34)38)25(5)30(36)39-26/h10-12,14,19,23-29,35H,6-9,13,15-18,20-21H2,1-5H3,(H2,33,37)(H2,34,38)/b12-10+,14-11+,22-19+. The molecule has 0 aliphatic carbocycles. The minimum atomic E-state index is -0.963. The van der Waals surface area contributed by atoms with E-state index in [1.807, 2.05) is 26.0 Å². The lowest BCUT2D eigenvalue weighted by Crippen LogP contribution is -2.37. The van der Waals surface area contributed by atoms with E-state index in [4.69, 9.17) is 25.7 Å². The van der Waals surface area contributed by atoms with E-state index in [0.717, 1.165) is 24.8 Å². The largest absolute Gasteiger partial charge is 0.458 e. The minimum absolute atomic E-state index is 0.0460. The third-order valence-corrected chi connectivity index (χ3v) is 7.51. The summed E-state index contributed by atoms with van der Waals surface area (Å²) in [4.78, 5) is 36.5. The summed E-state index contributed by atoms with van der Waals surface area (Å²) < 4.78 is 16.6. The summed E-state index contributed by atoms with van der Waals surface area (Å²) in [6, 6.07) is 0. The Morgan fingerprint density at radius 1 is 1.00 bits per heavy atom. The number of carbonyl (C=O) groups excluding carboxylic acids is 3. The summed E-state index contributed by atoms with van der Waals surface area (Å²) in [5.41, 5.74) is 11.6. The number of carbonyl (C=O) groups is 3. The molecular weight excluding hydrogens is 524 g/mol. The smallest absolute Gasteiger partial charge is 0.404 e. The van der Waals surface area contributed by atoms with Crippen molar-refractivity contribution in [2.75, 3.05) is 0 Å². The third-order valence-electron chi connectivity index (χ3n) is 7.51. The lowest BCUT2D eigenvalue weighted by molar-refractivity contribution is -0.156. The van der Waals surface area contributed by atoms with Crippen molar-refractivity contribution in [2.45, 2.75) is 130 Å². The van der Waals surface area contributed by atoms with Gasteiger partial charge in [-0.3, -0.25) is 4.79 Å². The van der Waals surface area contributed by atoms with Gasteiger partial charge in [-0.15, -0.1) is 0 Å². The lowest BCUT2D eigenvalue weighted by atomic mass is 9.90. The van der Waals surface area contributed by atoms with Crippen LogP contribution in [-0.4, -0.2) is 47.7 Å². The highest BCUT2D eigenvalue weighted by molar-refractivity contribution is 5.74. The molecule has 7 atom stereocenters. The molecule has 2 amide bonds. The van der Waals surface area contributed by atoms with E-state index in [0.29, 0.717) is 38.5 Å². The molecule has 0 aromatic carbocycles. The van der Waals surface area contributed by atoms with Crippen molar-refractivity contribution < 1.29 is 33.7 Å². The van der Waals surface area contributed by atoms with Gasteiger partial charge in [0.05, 0.1) is 12.0 Å². The van der Waals surface area contributed by atoms with Crippen molar-refractivity contribution in [3.8, 4) is 0 Å². The van der Waals surface area contributed by atoms with Gasteiger partial charge in [0.15, 0.2) is 0 Å². The number of esters is 1. The van der Waals surface area contributed by atoms with E-state index in [-0.39, 0.29) is 11.8 Å². The van der Waals surface area contributed by atoms with E-state index < -0.39 is 48.5 Å². The first-order chi connectivity index (χ1) is 19.4. The molecule has 0 radical (unpaired) electrons. The lowest BCUT2D eigenvalue weighted by Gasteiger charge is -2.28. The summed E-state index contributed by atoms with van der Waals surface area (Å²) in [7, 11) is 0. The van der Waals surface area contributed by atoms with Gasteiger partial charge in [-0.2, -0.15) is 0 Å². The molecule has 5 N–H and O–H groups in total. The van der Waals surface area contributed by atoms with Crippen LogP contribution in [0, 0.1) is 17.8 Å². The molecule has 1 aliphatic heterocycles. The number of unbranched alkanes of at least 4 members (excludes halogenated alkanes) is 3. The topological polar surface area (TPSA) is 151 Å². The van der Waals surface area contributed by atoms with Gasteiger partial charge >= 0.3 is 18.2 Å². The Kier molecular flexibility index (Phi) is 17.8. The Morgan fingerprint density at radius 2 is 1.68 bits per heavy atom. The van der Waals surface area contributed by atoms with E-state index in [9.17, 15) is 19.5 Å². The summed E-state index contributed by atoms with van der Waals surface area (Å²) in [6.45, 7) is 9.90. The van der Waals surface area contributed by atoms with Gasteiger partial charge in [-0.05, 0) is 89.5 Å². The van der Waals surface area contributed by atoms with Crippen LogP contribution < -0.4 is 11.5 Å². The minimum Gasteiger partial charge on any atom is -0.458 e. The highest BCUT2D eigenvalue weighted by Crippen LogP contribution is 2.26. The zero-order valence-electron chi connectivity index (χ0n) is 25.8. The average molecular weight is 579 g/mol. The molecule has 1 heterocycles. The monoisotopic (exact) mass is 578 g/mol. The van der Waals surface area contributed by atoms with Gasteiger partial charge in [0.25, 0.3) is 0 Å². The van der Waals surface area contributed by atoms with Crippen LogP contribution in [0.4, 0.5) is 9.59 Å². The fourth-order valence-electron chi connectivity index (χ4n) is 5.03. The predicted molar refractivity (Wildman–Crippen MR) is 161 cm³/mol. The van der Waals surface area contributed by atoms with Crippen LogP contribution in [0.25, 0.3) is 0 Å². The Labute approximate surface area is 246 Å². The first-order valence-electron chi connectivity index (χ1n) is 15.2. The molecule has 0 bridgehead atoms. The first kappa shape index (κ1) is 36.2. The van der Waals surface area contributed by atoms with Gasteiger partial charge in [0.2, 0.25) is 0 Å². The number of amides is 2. The maximum Gasteiger partial charge on any atom is 0.404 e. The molecule has 7 unspecified atom stereocenters. The summed E-state index contributed by atoms with van der Waals surface area (Å²) in [5.74, 6) is -1.04. The van der Waals surface area contributed by atoms with Gasteiger partial charge in [0, 0.05) is 0 Å². The second-order valence-corrected chi connectivity index (χ2v) is 11.6. The van der Waals surface area contributed by atoms with Crippen LogP contribution in [-0.2, 0) is 19.0 Å². The number of ether oxygens (including phenoxy) is 3. The second kappa shape index (κ2) is 20.1. The fourth-order valence-corrected chi connectivity index (χ4v) is 5.03. The van der Waals surface area contributed by atoms with E-state index in [1.165, 1.54) is 12.8 Å². The summed E-state index contributed by atoms with van der Waals surface area (Å²) in [5, 5.41) is 10.7. The SMILES string of the molecule is CCCCC/C=C/C(C)=C/C1CC(C)C/C=C/CCC(O)C(OC(N)=O)CCC(C)CC(OC(N)=O)C(C)C(=O)O1. The Bertz CT molecular complexity index is 885. The molecular formula is C32H54N2O7. The number of hydrogen-bond acceptors (Lipinski definition) is 7. The number of allylic oxidation sites excluding steroid dienone is 5. The molecule has 0 aromatic rings. The maximum absolute atomic E-state index is 13.3. The fraction of sp³-hybridized carbons (Fsp3) is 0.719. The molecule has 9 heteroatoms. The van der Waals surface area contributed by atoms with Gasteiger partial charge in [-0.25, -0.2) is 9.59 Å². The van der Waals surface area contributed by atoms with Crippen molar-refractivity contribution in [3.05, 3.63) is 36.0 Å². The predicted octanol–water partition coefficient (Wildman–Crippen LogP) is 6.48. The van der Waals surface area contributed by atoms with Crippen molar-refractivity contribution in [1.82, 2.24) is 0 Å². The number of aliphatic hydroxyl groups excluding tert-OH is 1. The number of nitrogens with two attached hydrogens (primary N) is 2. The Balaban J connectivity index is 3.20. The van der Waals surface area contributed by atoms with E-state index >= 15 is 0 Å². The number of hydrogen-bond donors (Lipinski definition) is 3. The van der Waals surface area contributed by atoms with Crippen LogP contribution in [0.15, 0.2) is 36.0 Å². The molecule has 1 rings (SSSR count). The number of rotatable bonds is 8. The quantitative estimate of drug-likeness (QED) is 0.0980. The summed E-state index contributed by atoms with van der Waals surface area (Å²) in [6.07, 6.45) is 13.8. The Hall–Kier alpha value is -2.81. The molecule has 0 saturated carbocycles. The molecule has 41 heavy (non-hydrogen) atoms. The van der Waals surface area contributed by atoms with Crippen LogP contribution in [0.1, 0.15) is 105 Å². The molecule has 0 aromatic heterocycles. The number of cyclic esters (lactones) is 1. The highest BCUT2D eigenvalue weighted by atomic mass is 16.6. The van der Waals surface area contributed by atoms with Crippen molar-refractivity contribution in [3.63, 3.8) is 0 Å². The third kappa shape index (κ3) is 16.3. The van der Waals surface area contributed by atoms with Crippen LogP contribution in [0.2, 0.25) is 0 Å². The molecule has 0 spiro atoms. The highest BCUT2D eigenvalue weighted by Gasteiger charge is 2.32. The molecule has 0 fully saturated rings. The van der Waals surface area contributed by atoms with Gasteiger partial charge in [0.1, 0.15) is 18.3 Å².